The summed E-state index contributed by atoms with van der Waals surface area (Å²) < 4.78 is 5.75. The van der Waals surface area contributed by atoms with E-state index >= 15 is 0 Å². The molecular weight excluding hydrogens is 368 g/mol. The van der Waals surface area contributed by atoms with E-state index < -0.39 is 0 Å². The summed E-state index contributed by atoms with van der Waals surface area (Å²) in [6.45, 7) is 9.52. The first-order valence-corrected chi connectivity index (χ1v) is 13.8. The van der Waals surface area contributed by atoms with Crippen LogP contribution in [0.3, 0.4) is 0 Å². The molecule has 0 aliphatic carbocycles. The van der Waals surface area contributed by atoms with Crippen LogP contribution in [-0.2, 0) is 9.53 Å². The molecule has 0 saturated heterocycles. The molecule has 0 amide bonds. The molecule has 1 atom stereocenters. The van der Waals surface area contributed by atoms with Crippen LogP contribution in [-0.4, -0.2) is 12.6 Å². The van der Waals surface area contributed by atoms with E-state index in [1.807, 2.05) is 0 Å². The fourth-order valence-corrected chi connectivity index (χ4v) is 4.30. The van der Waals surface area contributed by atoms with E-state index in [1.165, 1.54) is 103 Å². The van der Waals surface area contributed by atoms with Gasteiger partial charge < -0.3 is 4.74 Å². The van der Waals surface area contributed by atoms with Gasteiger partial charge in [0.25, 0.3) is 0 Å². The Morgan fingerprint density at radius 2 is 0.900 bits per heavy atom. The predicted octanol–water partition coefficient (Wildman–Crippen LogP) is 9.79. The molecule has 0 aliphatic heterocycles. The van der Waals surface area contributed by atoms with Gasteiger partial charge in [0.15, 0.2) is 0 Å². The van der Waals surface area contributed by atoms with Crippen molar-refractivity contribution < 1.29 is 9.53 Å². The molecule has 0 spiro atoms. The Morgan fingerprint density at radius 1 is 0.533 bits per heavy atom. The SMILES string of the molecule is CCCCCCCCCCCOC(=O)C(C)(CCCC)CCCCCCCCCC. The van der Waals surface area contributed by atoms with Gasteiger partial charge in [-0.15, -0.1) is 0 Å². The molecule has 0 saturated carbocycles. The highest BCUT2D eigenvalue weighted by Gasteiger charge is 2.33. The molecule has 2 nitrogen and oxygen atoms in total. The van der Waals surface area contributed by atoms with Gasteiger partial charge in [-0.1, -0.05) is 136 Å². The van der Waals surface area contributed by atoms with Gasteiger partial charge in [-0.2, -0.15) is 0 Å². The lowest BCUT2D eigenvalue weighted by molar-refractivity contribution is -0.156. The van der Waals surface area contributed by atoms with Crippen LogP contribution in [0.4, 0.5) is 0 Å². The minimum Gasteiger partial charge on any atom is -0.465 e. The number of esters is 1. The zero-order valence-corrected chi connectivity index (χ0v) is 21.4. The number of unbranched alkanes of at least 4 members (excludes halogenated alkanes) is 16. The lowest BCUT2D eigenvalue weighted by Gasteiger charge is -2.27. The molecule has 1 unspecified atom stereocenters. The number of rotatable bonds is 23. The van der Waals surface area contributed by atoms with Gasteiger partial charge in [0.05, 0.1) is 12.0 Å². The third-order valence-corrected chi connectivity index (χ3v) is 6.64. The topological polar surface area (TPSA) is 26.3 Å². The van der Waals surface area contributed by atoms with Crippen LogP contribution >= 0.6 is 0 Å². The lowest BCUT2D eigenvalue weighted by atomic mass is 9.80. The summed E-state index contributed by atoms with van der Waals surface area (Å²) in [7, 11) is 0. The van der Waals surface area contributed by atoms with E-state index in [9.17, 15) is 4.79 Å². The normalized spacial score (nSPS) is 13.3. The molecule has 0 aromatic rings. The molecular formula is C28H56O2. The number of hydrogen-bond donors (Lipinski definition) is 0. The highest BCUT2D eigenvalue weighted by molar-refractivity contribution is 5.76. The van der Waals surface area contributed by atoms with Crippen LogP contribution in [0.5, 0.6) is 0 Å². The molecule has 0 bridgehead atoms. The summed E-state index contributed by atoms with van der Waals surface area (Å²) in [5, 5.41) is 0. The van der Waals surface area contributed by atoms with Gasteiger partial charge >= 0.3 is 5.97 Å². The minimum absolute atomic E-state index is 0.0680. The third kappa shape index (κ3) is 17.2. The van der Waals surface area contributed by atoms with Gasteiger partial charge in [0.1, 0.15) is 0 Å². The quantitative estimate of drug-likeness (QED) is 0.120. The van der Waals surface area contributed by atoms with Crippen molar-refractivity contribution in [2.75, 3.05) is 6.61 Å². The second-order valence-electron chi connectivity index (χ2n) is 9.85. The largest absolute Gasteiger partial charge is 0.465 e. The van der Waals surface area contributed by atoms with Crippen molar-refractivity contribution in [2.24, 2.45) is 5.41 Å². The van der Waals surface area contributed by atoms with Crippen LogP contribution < -0.4 is 0 Å². The summed E-state index contributed by atoms with van der Waals surface area (Å²) in [6.07, 6.45) is 26.5. The van der Waals surface area contributed by atoms with Crippen molar-refractivity contribution in [2.45, 2.75) is 163 Å². The van der Waals surface area contributed by atoms with Gasteiger partial charge in [0, 0.05) is 0 Å². The Bertz CT molecular complexity index is 366. The maximum Gasteiger partial charge on any atom is 0.311 e. The van der Waals surface area contributed by atoms with Crippen molar-refractivity contribution in [3.8, 4) is 0 Å². The summed E-state index contributed by atoms with van der Waals surface area (Å²) in [5.74, 6) is 0.0680. The summed E-state index contributed by atoms with van der Waals surface area (Å²) >= 11 is 0. The minimum atomic E-state index is -0.266. The first-order valence-electron chi connectivity index (χ1n) is 13.8. The van der Waals surface area contributed by atoms with Gasteiger partial charge in [0.2, 0.25) is 0 Å². The Morgan fingerprint density at radius 3 is 1.37 bits per heavy atom. The smallest absolute Gasteiger partial charge is 0.311 e. The van der Waals surface area contributed by atoms with Crippen LogP contribution in [0, 0.1) is 5.41 Å². The van der Waals surface area contributed by atoms with Crippen molar-refractivity contribution >= 4 is 5.97 Å². The maximum atomic E-state index is 12.8. The highest BCUT2D eigenvalue weighted by atomic mass is 16.5. The van der Waals surface area contributed by atoms with Crippen molar-refractivity contribution in [3.63, 3.8) is 0 Å². The van der Waals surface area contributed by atoms with Gasteiger partial charge in [-0.05, 0) is 26.2 Å². The van der Waals surface area contributed by atoms with Crippen molar-refractivity contribution in [3.05, 3.63) is 0 Å². The molecule has 180 valence electrons. The molecule has 0 aromatic heterocycles. The van der Waals surface area contributed by atoms with Crippen LogP contribution in [0.2, 0.25) is 0 Å². The van der Waals surface area contributed by atoms with Crippen LogP contribution in [0.15, 0.2) is 0 Å². The number of carbonyl (C=O) groups excluding carboxylic acids is 1. The van der Waals surface area contributed by atoms with Gasteiger partial charge in [-0.25, -0.2) is 0 Å². The van der Waals surface area contributed by atoms with Gasteiger partial charge in [-0.3, -0.25) is 4.79 Å². The van der Waals surface area contributed by atoms with Crippen molar-refractivity contribution in [1.29, 1.82) is 0 Å². The fourth-order valence-electron chi connectivity index (χ4n) is 4.30. The molecule has 0 radical (unpaired) electrons. The second kappa shape index (κ2) is 21.7. The molecule has 0 N–H and O–H groups in total. The Balaban J connectivity index is 3.94. The Labute approximate surface area is 190 Å². The first-order chi connectivity index (χ1) is 14.6. The standard InChI is InChI=1S/C28H56O2/c1-5-8-11-13-15-17-19-21-23-26-30-27(29)28(4,24-10-7-3)25-22-20-18-16-14-12-9-6-2/h5-26H2,1-4H3. The Hall–Kier alpha value is -0.530. The monoisotopic (exact) mass is 424 g/mol. The number of hydrogen-bond acceptors (Lipinski definition) is 2. The predicted molar refractivity (Wildman–Crippen MR) is 133 cm³/mol. The van der Waals surface area contributed by atoms with Crippen LogP contribution in [0.25, 0.3) is 0 Å². The number of ether oxygens (including phenoxy) is 1. The van der Waals surface area contributed by atoms with E-state index in [4.69, 9.17) is 4.74 Å². The highest BCUT2D eigenvalue weighted by Crippen LogP contribution is 2.32. The summed E-state index contributed by atoms with van der Waals surface area (Å²) in [5.41, 5.74) is -0.266. The van der Waals surface area contributed by atoms with Crippen molar-refractivity contribution in [1.82, 2.24) is 0 Å². The summed E-state index contributed by atoms with van der Waals surface area (Å²) in [6, 6.07) is 0. The molecule has 0 aromatic carbocycles. The first kappa shape index (κ1) is 29.5. The zero-order chi connectivity index (χ0) is 22.3. The molecule has 0 heterocycles. The molecule has 0 aliphatic rings. The summed E-state index contributed by atoms with van der Waals surface area (Å²) in [4.78, 5) is 12.8. The van der Waals surface area contributed by atoms with Crippen LogP contribution in [0.1, 0.15) is 163 Å². The second-order valence-corrected chi connectivity index (χ2v) is 9.85. The third-order valence-electron chi connectivity index (χ3n) is 6.64. The maximum absolute atomic E-state index is 12.8. The number of carbonyl (C=O) groups is 1. The molecule has 30 heavy (non-hydrogen) atoms. The molecule has 2 heteroatoms. The fraction of sp³-hybridized carbons (Fsp3) is 0.964. The average Bonchev–Trinajstić information content (AvgIpc) is 2.75. The molecule has 0 fully saturated rings. The molecule has 0 rings (SSSR count). The lowest BCUT2D eigenvalue weighted by Crippen LogP contribution is -2.30. The van der Waals surface area contributed by atoms with E-state index in [-0.39, 0.29) is 11.4 Å². The van der Waals surface area contributed by atoms with E-state index in [0.29, 0.717) is 6.61 Å². The van der Waals surface area contributed by atoms with E-state index in [0.717, 1.165) is 32.1 Å². The van der Waals surface area contributed by atoms with E-state index in [2.05, 4.69) is 27.7 Å². The average molecular weight is 425 g/mol. The zero-order valence-electron chi connectivity index (χ0n) is 21.4. The Kier molecular flexibility index (Phi) is 21.3. The van der Waals surface area contributed by atoms with E-state index in [1.54, 1.807) is 0 Å².